The van der Waals surface area contributed by atoms with Gasteiger partial charge < -0.3 is 0 Å². The van der Waals surface area contributed by atoms with Crippen molar-refractivity contribution in [3.05, 3.63) is 70.1 Å². The number of fused-ring (bicyclic) bond motifs is 2. The molecule has 6 heteroatoms. The van der Waals surface area contributed by atoms with Gasteiger partial charge in [-0.15, -0.1) is 23.1 Å². The van der Waals surface area contributed by atoms with Crippen molar-refractivity contribution in [2.45, 2.75) is 43.8 Å². The molecule has 3 heterocycles. The van der Waals surface area contributed by atoms with E-state index in [2.05, 4.69) is 13.0 Å². The lowest BCUT2D eigenvalue weighted by molar-refractivity contribution is -0.136. The summed E-state index contributed by atoms with van der Waals surface area (Å²) in [6.07, 6.45) is 0. The molecule has 0 fully saturated rings. The first-order chi connectivity index (χ1) is 15.5. The molecule has 0 N–H and O–H groups in total. The number of rotatable bonds is 3. The molecule has 0 spiro atoms. The molecule has 0 radical (unpaired) electrons. The van der Waals surface area contributed by atoms with Crippen molar-refractivity contribution in [1.82, 2.24) is 4.90 Å². The first-order valence-corrected chi connectivity index (χ1v) is 12.4. The Morgan fingerprint density at radius 1 is 1.03 bits per heavy atom. The van der Waals surface area contributed by atoms with Crippen LogP contribution in [0.3, 0.4) is 0 Å². The Morgan fingerprint density at radius 3 is 2.47 bits per heavy atom. The van der Waals surface area contributed by atoms with Crippen LogP contribution in [0.25, 0.3) is 15.7 Å². The van der Waals surface area contributed by atoms with Gasteiger partial charge in [0.1, 0.15) is 6.54 Å². The van der Waals surface area contributed by atoms with E-state index in [1.165, 1.54) is 0 Å². The number of carbonyl (C=O) groups excluding carboxylic acids is 2. The van der Waals surface area contributed by atoms with E-state index in [0.717, 1.165) is 35.9 Å². The van der Waals surface area contributed by atoms with E-state index in [0.29, 0.717) is 11.1 Å². The summed E-state index contributed by atoms with van der Waals surface area (Å²) < 4.78 is 1.09. The predicted octanol–water partition coefficient (Wildman–Crippen LogP) is 6.16. The zero-order valence-corrected chi connectivity index (χ0v) is 20.1. The predicted molar refractivity (Wildman–Crippen MR) is 132 cm³/mol. The van der Waals surface area contributed by atoms with Crippen molar-refractivity contribution in [3.63, 3.8) is 0 Å². The SMILES string of the molecule is CC.Cc1sc2ccccc2c1C1=C([C@@H]2c3ccccc3S[C@@H]2C)C(=O)N(CC#N)C1=O. The Labute approximate surface area is 196 Å². The van der Waals surface area contributed by atoms with Crippen LogP contribution in [0, 0.1) is 18.3 Å². The average Bonchev–Trinajstić information content (AvgIpc) is 3.38. The van der Waals surface area contributed by atoms with Gasteiger partial charge in [-0.25, -0.2) is 0 Å². The molecular weight excluding hydrogens is 436 g/mol. The van der Waals surface area contributed by atoms with Crippen molar-refractivity contribution >= 4 is 50.6 Å². The molecule has 0 aliphatic carbocycles. The summed E-state index contributed by atoms with van der Waals surface area (Å²) in [5.41, 5.74) is 2.93. The third-order valence-electron chi connectivity index (χ3n) is 5.80. The Bertz CT molecular complexity index is 1300. The summed E-state index contributed by atoms with van der Waals surface area (Å²) in [6, 6.07) is 18.0. The third kappa shape index (κ3) is 3.37. The molecule has 0 saturated carbocycles. The van der Waals surface area contributed by atoms with Crippen molar-refractivity contribution in [3.8, 4) is 6.07 Å². The number of amides is 2. The van der Waals surface area contributed by atoms with Crippen LogP contribution < -0.4 is 0 Å². The number of nitrogens with zero attached hydrogens (tertiary/aromatic N) is 2. The average molecular weight is 461 g/mol. The molecule has 32 heavy (non-hydrogen) atoms. The maximum atomic E-state index is 13.5. The number of hydrogen-bond donors (Lipinski definition) is 0. The van der Waals surface area contributed by atoms with E-state index in [-0.39, 0.29) is 29.5 Å². The van der Waals surface area contributed by atoms with Gasteiger partial charge in [-0.05, 0) is 24.6 Å². The quantitative estimate of drug-likeness (QED) is 0.347. The van der Waals surface area contributed by atoms with E-state index in [9.17, 15) is 14.9 Å². The van der Waals surface area contributed by atoms with Gasteiger partial charge in [0, 0.05) is 42.2 Å². The maximum Gasteiger partial charge on any atom is 0.262 e. The summed E-state index contributed by atoms with van der Waals surface area (Å²) in [5.74, 6) is -0.871. The van der Waals surface area contributed by atoms with Crippen LogP contribution in [-0.4, -0.2) is 28.5 Å². The van der Waals surface area contributed by atoms with Crippen LogP contribution in [0.15, 0.2) is 59.0 Å². The topological polar surface area (TPSA) is 61.2 Å². The van der Waals surface area contributed by atoms with Gasteiger partial charge in [0.05, 0.1) is 11.6 Å². The van der Waals surface area contributed by atoms with Crippen LogP contribution in [0.5, 0.6) is 0 Å². The number of nitriles is 1. The standard InChI is InChI=1S/C24H18N2O2S2.C2H6/c1-13-19(15-7-3-5-9-17(15)29-13)21-22(24(28)26(12-11-25)23(21)27)20-14(2)30-18-10-6-4-8-16(18)20;1-2/h3-10,13,19H,12H2,1-2H3;1-2H3/t13-,19+;/m1./s1. The third-order valence-corrected chi connectivity index (χ3v) is 8.16. The minimum absolute atomic E-state index is 0.122. The normalized spacial score (nSPS) is 19.8. The van der Waals surface area contributed by atoms with Gasteiger partial charge >= 0.3 is 0 Å². The van der Waals surface area contributed by atoms with E-state index >= 15 is 0 Å². The monoisotopic (exact) mass is 460 g/mol. The molecule has 2 aromatic carbocycles. The molecule has 2 aliphatic heterocycles. The molecule has 0 bridgehead atoms. The number of imide groups is 1. The van der Waals surface area contributed by atoms with Crippen molar-refractivity contribution in [2.75, 3.05) is 6.54 Å². The molecule has 0 unspecified atom stereocenters. The van der Waals surface area contributed by atoms with Crippen LogP contribution in [0.2, 0.25) is 0 Å². The largest absolute Gasteiger partial charge is 0.269 e. The van der Waals surface area contributed by atoms with E-state index < -0.39 is 0 Å². The lowest BCUT2D eigenvalue weighted by Crippen LogP contribution is -2.33. The Balaban J connectivity index is 0.00000119. The fourth-order valence-corrected chi connectivity index (χ4v) is 6.95. The molecule has 2 amide bonds. The number of thiophene rings is 1. The highest BCUT2D eigenvalue weighted by Gasteiger charge is 2.47. The molecule has 2 aliphatic rings. The Hall–Kier alpha value is -2.88. The molecule has 4 nitrogen and oxygen atoms in total. The molecular formula is C26H24N2O2S2. The van der Waals surface area contributed by atoms with Crippen LogP contribution in [0.4, 0.5) is 0 Å². The second-order valence-electron chi connectivity index (χ2n) is 7.51. The van der Waals surface area contributed by atoms with Gasteiger partial charge in [0.25, 0.3) is 11.8 Å². The fourth-order valence-electron chi connectivity index (χ4n) is 4.57. The van der Waals surface area contributed by atoms with Gasteiger partial charge in [0.2, 0.25) is 0 Å². The smallest absolute Gasteiger partial charge is 0.262 e. The van der Waals surface area contributed by atoms with Gasteiger partial charge in [0.15, 0.2) is 0 Å². The zero-order valence-electron chi connectivity index (χ0n) is 18.5. The first kappa shape index (κ1) is 22.3. The Kier molecular flexibility index (Phi) is 6.23. The van der Waals surface area contributed by atoms with E-state index in [4.69, 9.17) is 0 Å². The number of aryl methyl sites for hydroxylation is 1. The number of hydrogen-bond acceptors (Lipinski definition) is 5. The lowest BCUT2D eigenvalue weighted by atomic mass is 9.84. The highest BCUT2D eigenvalue weighted by molar-refractivity contribution is 8.00. The number of carbonyl (C=O) groups is 2. The molecule has 2 atom stereocenters. The summed E-state index contributed by atoms with van der Waals surface area (Å²) in [6.45, 7) is 7.86. The number of thioether (sulfide) groups is 1. The summed E-state index contributed by atoms with van der Waals surface area (Å²) in [5, 5.41) is 10.4. The second-order valence-corrected chi connectivity index (χ2v) is 10.2. The van der Waals surface area contributed by atoms with Gasteiger partial charge in [-0.3, -0.25) is 14.5 Å². The fraction of sp³-hybridized carbons (Fsp3) is 0.269. The van der Waals surface area contributed by atoms with Crippen molar-refractivity contribution < 1.29 is 9.59 Å². The highest BCUT2D eigenvalue weighted by atomic mass is 32.2. The van der Waals surface area contributed by atoms with Crippen molar-refractivity contribution in [2.24, 2.45) is 0 Å². The Morgan fingerprint density at radius 2 is 1.72 bits per heavy atom. The molecule has 0 saturated heterocycles. The minimum Gasteiger partial charge on any atom is -0.269 e. The zero-order chi connectivity index (χ0) is 23.0. The highest BCUT2D eigenvalue weighted by Crippen LogP contribution is 2.53. The van der Waals surface area contributed by atoms with E-state index in [1.807, 2.05) is 69.3 Å². The first-order valence-electron chi connectivity index (χ1n) is 10.7. The minimum atomic E-state index is -0.357. The molecule has 1 aromatic heterocycles. The van der Waals surface area contributed by atoms with E-state index in [1.54, 1.807) is 23.1 Å². The number of benzene rings is 2. The molecule has 3 aromatic rings. The summed E-state index contributed by atoms with van der Waals surface area (Å²) in [4.78, 5) is 30.2. The van der Waals surface area contributed by atoms with Crippen LogP contribution in [0.1, 0.15) is 42.7 Å². The molecule has 162 valence electrons. The summed E-state index contributed by atoms with van der Waals surface area (Å²) >= 11 is 3.36. The van der Waals surface area contributed by atoms with Gasteiger partial charge in [-0.2, -0.15) is 5.26 Å². The van der Waals surface area contributed by atoms with Crippen molar-refractivity contribution in [1.29, 1.82) is 5.26 Å². The lowest BCUT2D eigenvalue weighted by Gasteiger charge is -2.18. The maximum absolute atomic E-state index is 13.5. The summed E-state index contributed by atoms with van der Waals surface area (Å²) in [7, 11) is 0. The van der Waals surface area contributed by atoms with Crippen LogP contribution >= 0.6 is 23.1 Å². The van der Waals surface area contributed by atoms with Gasteiger partial charge in [-0.1, -0.05) is 57.2 Å². The molecule has 5 rings (SSSR count). The second kappa shape index (κ2) is 8.93. The van der Waals surface area contributed by atoms with Crippen LogP contribution in [-0.2, 0) is 9.59 Å².